The van der Waals surface area contributed by atoms with Crippen LogP contribution in [0.2, 0.25) is 0 Å². The van der Waals surface area contributed by atoms with Gasteiger partial charge in [0, 0.05) is 58.0 Å². The first-order valence-corrected chi connectivity index (χ1v) is 20.5. The molecule has 3 aromatic heterocycles. The quantitative estimate of drug-likeness (QED) is 0.161. The lowest BCUT2D eigenvalue weighted by atomic mass is 9.45. The second-order valence-corrected chi connectivity index (χ2v) is 18.3. The minimum Gasteiger partial charge on any atom is -0.374 e. The van der Waals surface area contributed by atoms with Crippen LogP contribution in [-0.4, -0.2) is 11.3 Å². The molecule has 256 valence electrons. The van der Waals surface area contributed by atoms with E-state index in [1.165, 1.54) is 113 Å². The molecule has 0 unspecified atom stereocenters. The molecule has 2 aliphatic rings. The SMILES string of the molecule is Cc1cc2c3c(c1)N(c1ccc(C(C)(C)C)cc1-c1ccccc1)c1c(ccc4sc5ccccc5c14)B3n1c3c-2cccc3c2sc3ccccc3c21. The Hall–Kier alpha value is -5.62. The molecule has 7 aromatic carbocycles. The number of benzene rings is 7. The van der Waals surface area contributed by atoms with E-state index in [0.717, 1.165) is 0 Å². The van der Waals surface area contributed by atoms with Gasteiger partial charge in [-0.25, -0.2) is 0 Å². The van der Waals surface area contributed by atoms with Gasteiger partial charge >= 0.3 is 6.85 Å². The van der Waals surface area contributed by atoms with Gasteiger partial charge in [-0.3, -0.25) is 0 Å². The molecule has 0 aliphatic carbocycles. The van der Waals surface area contributed by atoms with Crippen LogP contribution in [0.25, 0.3) is 73.6 Å². The van der Waals surface area contributed by atoms with Gasteiger partial charge in [0.2, 0.25) is 0 Å². The number of nitrogens with zero attached hydrogens (tertiary/aromatic N) is 2. The summed E-state index contributed by atoms with van der Waals surface area (Å²) in [4.78, 5) is 2.66. The van der Waals surface area contributed by atoms with Crippen LogP contribution in [0.5, 0.6) is 0 Å². The Kier molecular flexibility index (Phi) is 6.13. The van der Waals surface area contributed by atoms with Crippen molar-refractivity contribution in [1.82, 2.24) is 4.48 Å². The monoisotopic (exact) mass is 726 g/mol. The Morgan fingerprint density at radius 2 is 1.30 bits per heavy atom. The highest BCUT2D eigenvalue weighted by Gasteiger charge is 2.44. The molecule has 5 heterocycles. The summed E-state index contributed by atoms with van der Waals surface area (Å²) in [7, 11) is 0. The molecule has 0 amide bonds. The van der Waals surface area contributed by atoms with Gasteiger partial charge in [0.25, 0.3) is 0 Å². The highest BCUT2D eigenvalue weighted by molar-refractivity contribution is 7.27. The van der Waals surface area contributed by atoms with Crippen LogP contribution in [0, 0.1) is 6.92 Å². The van der Waals surface area contributed by atoms with E-state index in [0.29, 0.717) is 0 Å². The number of aryl methyl sites for hydroxylation is 1. The Bertz CT molecular complexity index is 3230. The zero-order chi connectivity index (χ0) is 36.0. The van der Waals surface area contributed by atoms with E-state index in [1.54, 1.807) is 0 Å². The van der Waals surface area contributed by atoms with E-state index < -0.39 is 0 Å². The maximum Gasteiger partial charge on any atom is 0.333 e. The molecule has 2 aliphatic heterocycles. The molecule has 0 spiro atoms. The Labute approximate surface area is 322 Å². The molecule has 0 N–H and O–H groups in total. The van der Waals surface area contributed by atoms with E-state index >= 15 is 0 Å². The molecule has 0 saturated heterocycles. The summed E-state index contributed by atoms with van der Waals surface area (Å²) in [6.07, 6.45) is 0. The highest BCUT2D eigenvalue weighted by atomic mass is 32.1. The minimum absolute atomic E-state index is 0.00444. The molecular weight excluding hydrogens is 691 g/mol. The van der Waals surface area contributed by atoms with Crippen molar-refractivity contribution in [1.29, 1.82) is 0 Å². The van der Waals surface area contributed by atoms with E-state index in [-0.39, 0.29) is 12.3 Å². The molecule has 2 nitrogen and oxygen atoms in total. The van der Waals surface area contributed by atoms with Gasteiger partial charge in [-0.1, -0.05) is 124 Å². The lowest BCUT2D eigenvalue weighted by Crippen LogP contribution is -2.56. The van der Waals surface area contributed by atoms with Crippen molar-refractivity contribution in [3.05, 3.63) is 151 Å². The third kappa shape index (κ3) is 4.01. The average molecular weight is 727 g/mol. The first-order valence-electron chi connectivity index (χ1n) is 18.9. The van der Waals surface area contributed by atoms with Crippen molar-refractivity contribution < 1.29 is 0 Å². The number of para-hydroxylation sites is 1. The van der Waals surface area contributed by atoms with Gasteiger partial charge in [-0.05, 0) is 81.9 Å². The first-order chi connectivity index (χ1) is 26.3. The van der Waals surface area contributed by atoms with E-state index in [2.05, 4.69) is 177 Å². The third-order valence-corrected chi connectivity index (χ3v) is 14.3. The predicted octanol–water partition coefficient (Wildman–Crippen LogP) is 13.1. The van der Waals surface area contributed by atoms with E-state index in [1.807, 2.05) is 22.7 Å². The molecule has 0 bridgehead atoms. The summed E-state index contributed by atoms with van der Waals surface area (Å²) in [5, 5.41) is 5.36. The number of hydrogen-bond donors (Lipinski definition) is 0. The van der Waals surface area contributed by atoms with Crippen LogP contribution in [0.1, 0.15) is 31.9 Å². The number of hydrogen-bond acceptors (Lipinski definition) is 3. The first kappa shape index (κ1) is 30.8. The average Bonchev–Trinajstić information content (AvgIpc) is 3.86. The predicted molar refractivity (Wildman–Crippen MR) is 237 cm³/mol. The van der Waals surface area contributed by atoms with E-state index in [9.17, 15) is 0 Å². The van der Waals surface area contributed by atoms with Crippen LogP contribution in [-0.2, 0) is 5.41 Å². The van der Waals surface area contributed by atoms with Crippen LogP contribution >= 0.6 is 22.7 Å². The zero-order valence-corrected chi connectivity index (χ0v) is 32.2. The fraction of sp³-hybridized carbons (Fsp3) is 0.102. The number of thiophene rings is 2. The van der Waals surface area contributed by atoms with Crippen molar-refractivity contribution in [2.24, 2.45) is 0 Å². The van der Waals surface area contributed by atoms with Gasteiger partial charge in [0.15, 0.2) is 0 Å². The van der Waals surface area contributed by atoms with Crippen molar-refractivity contribution in [3.8, 4) is 22.3 Å². The molecule has 10 aromatic rings. The molecule has 0 radical (unpaired) electrons. The lowest BCUT2D eigenvalue weighted by molar-refractivity contribution is 0.590. The summed E-state index contributed by atoms with van der Waals surface area (Å²) in [5.41, 5.74) is 17.0. The topological polar surface area (TPSA) is 8.17 Å². The van der Waals surface area contributed by atoms with Crippen LogP contribution < -0.4 is 15.8 Å². The zero-order valence-electron chi connectivity index (χ0n) is 30.6. The fourth-order valence-corrected chi connectivity index (χ4v) is 11.9. The molecule has 54 heavy (non-hydrogen) atoms. The number of fused-ring (bicyclic) bond motifs is 13. The summed E-state index contributed by atoms with van der Waals surface area (Å²) in [6, 6.07) is 53.0. The minimum atomic E-state index is 0.00444. The Morgan fingerprint density at radius 1 is 0.556 bits per heavy atom. The fourth-order valence-electron chi connectivity index (χ4n) is 9.62. The maximum atomic E-state index is 2.73. The Morgan fingerprint density at radius 3 is 2.11 bits per heavy atom. The third-order valence-electron chi connectivity index (χ3n) is 12.0. The van der Waals surface area contributed by atoms with Crippen LogP contribution in [0.15, 0.2) is 140 Å². The summed E-state index contributed by atoms with van der Waals surface area (Å²) in [5.74, 6) is 0. The van der Waals surface area contributed by atoms with Crippen molar-refractivity contribution in [3.63, 3.8) is 0 Å². The molecular formula is C49H35BN2S2. The van der Waals surface area contributed by atoms with Gasteiger partial charge in [0.1, 0.15) is 0 Å². The summed E-state index contributed by atoms with van der Waals surface area (Å²) >= 11 is 3.85. The summed E-state index contributed by atoms with van der Waals surface area (Å²) < 4.78 is 8.11. The molecule has 12 rings (SSSR count). The van der Waals surface area contributed by atoms with Gasteiger partial charge in [-0.2, -0.15) is 0 Å². The molecule has 5 heteroatoms. The van der Waals surface area contributed by atoms with Crippen molar-refractivity contribution in [2.45, 2.75) is 33.1 Å². The van der Waals surface area contributed by atoms with Gasteiger partial charge in [-0.15, -0.1) is 22.7 Å². The maximum absolute atomic E-state index is 2.73. The van der Waals surface area contributed by atoms with Crippen LogP contribution in [0.3, 0.4) is 0 Å². The van der Waals surface area contributed by atoms with Crippen molar-refractivity contribution in [2.75, 3.05) is 4.90 Å². The van der Waals surface area contributed by atoms with Gasteiger partial charge < -0.3 is 9.38 Å². The molecule has 0 saturated carbocycles. The smallest absolute Gasteiger partial charge is 0.333 e. The lowest BCUT2D eigenvalue weighted by Gasteiger charge is -2.42. The number of aromatic nitrogens is 1. The van der Waals surface area contributed by atoms with E-state index in [4.69, 9.17) is 0 Å². The number of anilines is 3. The molecule has 0 atom stereocenters. The normalized spacial score (nSPS) is 13.5. The highest BCUT2D eigenvalue weighted by Crippen LogP contribution is 2.52. The largest absolute Gasteiger partial charge is 0.374 e. The summed E-state index contributed by atoms with van der Waals surface area (Å²) in [6.45, 7) is 9.24. The standard InChI is InChI=1S/C49H35BN2S2/c1-28-25-36-31-17-12-18-34-45(31)52(46-33-16-9-11-20-41(33)54-48(34)46)50-37-22-24-42-43(32-15-8-10-19-40(32)53-42)47(37)51(39(26-28)44(36)50)38-23-21-30(49(2,3)4)27-35(38)29-13-6-5-7-14-29/h5-27H,1-4H3. The molecule has 0 fully saturated rings. The van der Waals surface area contributed by atoms with Crippen LogP contribution in [0.4, 0.5) is 17.1 Å². The second-order valence-electron chi connectivity index (χ2n) is 16.2. The number of rotatable bonds is 2. The van der Waals surface area contributed by atoms with Gasteiger partial charge in [0.05, 0.1) is 21.6 Å². The second kappa shape index (κ2) is 10.8. The van der Waals surface area contributed by atoms with Crippen molar-refractivity contribution >= 4 is 109 Å². The Balaban J connectivity index is 1.29.